The molecule has 0 radical (unpaired) electrons. The van der Waals surface area contributed by atoms with Crippen molar-refractivity contribution in [3.63, 3.8) is 0 Å². The van der Waals surface area contributed by atoms with Crippen LogP contribution in [0.4, 0.5) is 0 Å². The minimum atomic E-state index is 0.624. The highest BCUT2D eigenvalue weighted by atomic mass is 32.1. The molecule has 2 heteroatoms. The van der Waals surface area contributed by atoms with Crippen molar-refractivity contribution in [1.82, 2.24) is 5.32 Å². The molecule has 78 valence electrons. The van der Waals surface area contributed by atoms with E-state index in [1.807, 2.05) is 11.3 Å². The third-order valence-electron chi connectivity index (χ3n) is 3.16. The highest BCUT2D eigenvalue weighted by Crippen LogP contribution is 2.38. The van der Waals surface area contributed by atoms with Crippen LogP contribution in [0.2, 0.25) is 0 Å². The van der Waals surface area contributed by atoms with Gasteiger partial charge < -0.3 is 5.32 Å². The number of hydrogen-bond donors (Lipinski definition) is 1. The van der Waals surface area contributed by atoms with Crippen molar-refractivity contribution in [1.29, 1.82) is 0 Å². The van der Waals surface area contributed by atoms with E-state index in [2.05, 4.69) is 30.6 Å². The monoisotopic (exact) mass is 209 g/mol. The van der Waals surface area contributed by atoms with Crippen LogP contribution in [0.3, 0.4) is 0 Å². The molecule has 0 bridgehead atoms. The summed E-state index contributed by atoms with van der Waals surface area (Å²) in [6.07, 6.45) is 4.24. The molecule has 1 heterocycles. The second kappa shape index (κ2) is 4.45. The molecule has 1 unspecified atom stereocenters. The fourth-order valence-electron chi connectivity index (χ4n) is 2.18. The Morgan fingerprint density at radius 3 is 2.79 bits per heavy atom. The Bertz CT molecular complexity index is 288. The van der Waals surface area contributed by atoms with Crippen molar-refractivity contribution in [2.45, 2.75) is 39.2 Å². The van der Waals surface area contributed by atoms with E-state index in [1.165, 1.54) is 29.7 Å². The molecule has 1 atom stereocenters. The molecule has 1 fully saturated rings. The Morgan fingerprint density at radius 2 is 2.36 bits per heavy atom. The molecule has 1 aromatic rings. The molecule has 1 aromatic heterocycles. The van der Waals surface area contributed by atoms with Crippen molar-refractivity contribution >= 4 is 11.3 Å². The van der Waals surface area contributed by atoms with E-state index in [1.54, 1.807) is 0 Å². The smallest absolute Gasteiger partial charge is 0.0356 e. The Kier molecular flexibility index (Phi) is 3.24. The third kappa shape index (κ3) is 2.01. The van der Waals surface area contributed by atoms with Crippen LogP contribution in [-0.4, -0.2) is 6.54 Å². The minimum absolute atomic E-state index is 0.624. The van der Waals surface area contributed by atoms with Gasteiger partial charge in [0, 0.05) is 10.9 Å². The lowest BCUT2D eigenvalue weighted by Gasteiger charge is -2.34. The van der Waals surface area contributed by atoms with E-state index in [0.29, 0.717) is 6.04 Å². The molecule has 14 heavy (non-hydrogen) atoms. The molecule has 1 aliphatic rings. The van der Waals surface area contributed by atoms with Crippen molar-refractivity contribution < 1.29 is 0 Å². The van der Waals surface area contributed by atoms with Gasteiger partial charge in [-0.25, -0.2) is 0 Å². The lowest BCUT2D eigenvalue weighted by molar-refractivity contribution is 0.233. The topological polar surface area (TPSA) is 12.0 Å². The molecule has 0 saturated heterocycles. The molecule has 0 amide bonds. The lowest BCUT2D eigenvalue weighted by Crippen LogP contribution is -2.31. The summed E-state index contributed by atoms with van der Waals surface area (Å²) < 4.78 is 0. The van der Waals surface area contributed by atoms with E-state index < -0.39 is 0 Å². The van der Waals surface area contributed by atoms with Crippen LogP contribution in [0.15, 0.2) is 11.4 Å². The maximum atomic E-state index is 3.62. The molecular formula is C12H19NS. The molecule has 0 spiro atoms. The molecule has 1 N–H and O–H groups in total. The summed E-state index contributed by atoms with van der Waals surface area (Å²) in [5.41, 5.74) is 1.51. The zero-order valence-electron chi connectivity index (χ0n) is 9.05. The molecule has 1 nitrogen and oxygen atoms in total. The minimum Gasteiger partial charge on any atom is -0.310 e. The van der Waals surface area contributed by atoms with Gasteiger partial charge in [-0.2, -0.15) is 0 Å². The van der Waals surface area contributed by atoms with Gasteiger partial charge in [-0.05, 0) is 49.2 Å². The zero-order valence-corrected chi connectivity index (χ0v) is 9.86. The molecule has 0 aliphatic heterocycles. The van der Waals surface area contributed by atoms with Gasteiger partial charge in [0.15, 0.2) is 0 Å². The van der Waals surface area contributed by atoms with E-state index in [4.69, 9.17) is 0 Å². The van der Waals surface area contributed by atoms with Crippen LogP contribution in [0.25, 0.3) is 0 Å². The van der Waals surface area contributed by atoms with E-state index in [-0.39, 0.29) is 0 Å². The first-order valence-corrected chi connectivity index (χ1v) is 6.47. The summed E-state index contributed by atoms with van der Waals surface area (Å²) in [5, 5.41) is 5.94. The SMILES string of the molecule is CCNC(c1csc(C)c1)C1CCC1. The first kappa shape index (κ1) is 10.2. The van der Waals surface area contributed by atoms with Crippen LogP contribution in [-0.2, 0) is 0 Å². The average Bonchev–Trinajstić information content (AvgIpc) is 2.48. The zero-order chi connectivity index (χ0) is 9.97. The summed E-state index contributed by atoms with van der Waals surface area (Å²) in [6.45, 7) is 5.47. The largest absolute Gasteiger partial charge is 0.310 e. The molecule has 2 rings (SSSR count). The van der Waals surface area contributed by atoms with Crippen molar-refractivity contribution in [2.24, 2.45) is 5.92 Å². The van der Waals surface area contributed by atoms with E-state index in [9.17, 15) is 0 Å². The molecular weight excluding hydrogens is 190 g/mol. The van der Waals surface area contributed by atoms with Crippen molar-refractivity contribution in [3.8, 4) is 0 Å². The van der Waals surface area contributed by atoms with Gasteiger partial charge in [-0.3, -0.25) is 0 Å². The van der Waals surface area contributed by atoms with Gasteiger partial charge in [-0.15, -0.1) is 11.3 Å². The van der Waals surface area contributed by atoms with Crippen LogP contribution in [0, 0.1) is 12.8 Å². The summed E-state index contributed by atoms with van der Waals surface area (Å²) in [6, 6.07) is 2.97. The van der Waals surface area contributed by atoms with Gasteiger partial charge in [0.2, 0.25) is 0 Å². The molecule has 1 aliphatic carbocycles. The van der Waals surface area contributed by atoms with Crippen molar-refractivity contribution in [3.05, 3.63) is 21.9 Å². The Hall–Kier alpha value is -0.340. The summed E-state index contributed by atoms with van der Waals surface area (Å²) in [5.74, 6) is 0.893. The third-order valence-corrected chi connectivity index (χ3v) is 4.03. The number of aryl methyl sites for hydroxylation is 1. The standard InChI is InChI=1S/C12H19NS/c1-3-13-12(10-5-4-6-10)11-7-9(2)14-8-11/h7-8,10,12-13H,3-6H2,1-2H3. The number of nitrogens with one attached hydrogen (secondary N) is 1. The first-order valence-electron chi connectivity index (χ1n) is 5.59. The fourth-order valence-corrected chi connectivity index (χ4v) is 2.92. The van der Waals surface area contributed by atoms with Gasteiger partial charge in [0.05, 0.1) is 0 Å². The number of rotatable bonds is 4. The molecule has 0 aromatic carbocycles. The van der Waals surface area contributed by atoms with Crippen LogP contribution < -0.4 is 5.32 Å². The molecule has 1 saturated carbocycles. The number of hydrogen-bond acceptors (Lipinski definition) is 2. The van der Waals surface area contributed by atoms with Crippen LogP contribution in [0.5, 0.6) is 0 Å². The normalized spacial score (nSPS) is 19.3. The maximum Gasteiger partial charge on any atom is 0.0356 e. The second-order valence-electron chi connectivity index (χ2n) is 4.22. The second-order valence-corrected chi connectivity index (χ2v) is 5.33. The van der Waals surface area contributed by atoms with Gasteiger partial charge >= 0.3 is 0 Å². The highest BCUT2D eigenvalue weighted by molar-refractivity contribution is 7.10. The predicted molar refractivity (Wildman–Crippen MR) is 62.8 cm³/mol. The Morgan fingerprint density at radius 1 is 1.57 bits per heavy atom. The maximum absolute atomic E-state index is 3.62. The van der Waals surface area contributed by atoms with Gasteiger partial charge in [0.1, 0.15) is 0 Å². The quantitative estimate of drug-likeness (QED) is 0.800. The Labute approximate surface area is 90.5 Å². The summed E-state index contributed by atoms with van der Waals surface area (Å²) >= 11 is 1.87. The lowest BCUT2D eigenvalue weighted by atomic mass is 9.77. The summed E-state index contributed by atoms with van der Waals surface area (Å²) in [7, 11) is 0. The van der Waals surface area contributed by atoms with Gasteiger partial charge in [-0.1, -0.05) is 13.3 Å². The summed E-state index contributed by atoms with van der Waals surface area (Å²) in [4.78, 5) is 1.43. The first-order chi connectivity index (χ1) is 6.81. The van der Waals surface area contributed by atoms with Crippen molar-refractivity contribution in [2.75, 3.05) is 6.54 Å². The fraction of sp³-hybridized carbons (Fsp3) is 0.667. The van der Waals surface area contributed by atoms with Crippen LogP contribution in [0.1, 0.15) is 42.7 Å². The average molecular weight is 209 g/mol. The van der Waals surface area contributed by atoms with Gasteiger partial charge in [0.25, 0.3) is 0 Å². The highest BCUT2D eigenvalue weighted by Gasteiger charge is 2.28. The predicted octanol–water partition coefficient (Wildman–Crippen LogP) is 3.51. The Balaban J connectivity index is 2.09. The van der Waals surface area contributed by atoms with E-state index >= 15 is 0 Å². The van der Waals surface area contributed by atoms with E-state index in [0.717, 1.165) is 12.5 Å². The van der Waals surface area contributed by atoms with Crippen LogP contribution >= 0.6 is 11.3 Å². The number of thiophene rings is 1.